The molecular weight excluding hydrogens is 446 g/mol. The average molecular weight is 462 g/mol. The summed E-state index contributed by atoms with van der Waals surface area (Å²) in [7, 11) is 0. The Morgan fingerprint density at radius 1 is 1.23 bits per heavy atom. The summed E-state index contributed by atoms with van der Waals surface area (Å²) >= 11 is 6.01. The van der Waals surface area contributed by atoms with Crippen molar-refractivity contribution in [3.8, 4) is 0 Å². The standard InChI is InChI=1S/C19H16ClF4N3O4/c1-19(30)13(29)18(27-3-2-8-15(20)25-6-26-17(8)27)31-14(19)12(28)9-4-7(21)5-10(11(9)22)16(23)24/h2-6,12-14,16,18,28-30H,1H3/t12?,13-,14+,18+,19-/m0/s1. The molecule has 166 valence electrons. The van der Waals surface area contributed by atoms with Gasteiger partial charge in [0.05, 0.1) is 10.9 Å². The molecule has 0 amide bonds. The summed E-state index contributed by atoms with van der Waals surface area (Å²) in [6, 6.07) is 2.38. The predicted octanol–water partition coefficient (Wildman–Crippen LogP) is 3.04. The van der Waals surface area contributed by atoms with Gasteiger partial charge in [0.15, 0.2) is 6.23 Å². The van der Waals surface area contributed by atoms with Gasteiger partial charge in [-0.2, -0.15) is 0 Å². The summed E-state index contributed by atoms with van der Waals surface area (Å²) < 4.78 is 61.4. The van der Waals surface area contributed by atoms with Gasteiger partial charge in [0.1, 0.15) is 52.7 Å². The molecule has 2 aromatic heterocycles. The van der Waals surface area contributed by atoms with Crippen molar-refractivity contribution < 1.29 is 37.6 Å². The zero-order chi connectivity index (χ0) is 22.7. The maximum Gasteiger partial charge on any atom is 0.266 e. The van der Waals surface area contributed by atoms with Crippen molar-refractivity contribution in [2.24, 2.45) is 0 Å². The molecule has 5 atom stereocenters. The number of hydrogen-bond acceptors (Lipinski definition) is 6. The highest BCUT2D eigenvalue weighted by Gasteiger charge is 2.56. The first-order chi connectivity index (χ1) is 14.5. The van der Waals surface area contributed by atoms with E-state index in [1.54, 1.807) is 0 Å². The minimum Gasteiger partial charge on any atom is -0.385 e. The number of fused-ring (bicyclic) bond motifs is 1. The molecule has 1 saturated heterocycles. The Labute approximate surface area is 177 Å². The number of hydrogen-bond donors (Lipinski definition) is 3. The van der Waals surface area contributed by atoms with Crippen molar-refractivity contribution in [2.75, 3.05) is 0 Å². The number of aliphatic hydroxyl groups is 3. The lowest BCUT2D eigenvalue weighted by Gasteiger charge is -2.30. The molecule has 4 rings (SSSR count). The van der Waals surface area contributed by atoms with Crippen LogP contribution in [0, 0.1) is 11.6 Å². The van der Waals surface area contributed by atoms with E-state index in [4.69, 9.17) is 16.3 Å². The van der Waals surface area contributed by atoms with E-state index in [1.165, 1.54) is 23.2 Å². The van der Waals surface area contributed by atoms with Gasteiger partial charge in [-0.05, 0) is 25.1 Å². The molecule has 3 heterocycles. The normalized spacial score (nSPS) is 27.4. The van der Waals surface area contributed by atoms with Crippen molar-refractivity contribution in [2.45, 2.75) is 43.5 Å². The number of alkyl halides is 2. The molecule has 1 fully saturated rings. The molecule has 7 nitrogen and oxygen atoms in total. The first-order valence-corrected chi connectivity index (χ1v) is 9.39. The number of aliphatic hydroxyl groups excluding tert-OH is 2. The second-order valence-electron chi connectivity index (χ2n) is 7.39. The van der Waals surface area contributed by atoms with Gasteiger partial charge in [-0.15, -0.1) is 0 Å². The van der Waals surface area contributed by atoms with Crippen LogP contribution in [0.1, 0.15) is 36.8 Å². The van der Waals surface area contributed by atoms with Gasteiger partial charge in [-0.1, -0.05) is 11.6 Å². The largest absolute Gasteiger partial charge is 0.385 e. The Morgan fingerprint density at radius 3 is 2.58 bits per heavy atom. The summed E-state index contributed by atoms with van der Waals surface area (Å²) in [5, 5.41) is 32.7. The zero-order valence-corrected chi connectivity index (χ0v) is 16.5. The number of rotatable bonds is 4. The first-order valence-electron chi connectivity index (χ1n) is 9.02. The lowest BCUT2D eigenvalue weighted by atomic mass is 9.87. The van der Waals surface area contributed by atoms with Crippen LogP contribution in [-0.4, -0.2) is 47.7 Å². The molecule has 1 aliphatic heterocycles. The predicted molar refractivity (Wildman–Crippen MR) is 99.4 cm³/mol. The molecule has 31 heavy (non-hydrogen) atoms. The van der Waals surface area contributed by atoms with Crippen molar-refractivity contribution in [1.29, 1.82) is 0 Å². The van der Waals surface area contributed by atoms with Crippen LogP contribution in [0.5, 0.6) is 0 Å². The lowest BCUT2D eigenvalue weighted by molar-refractivity contribution is -0.115. The fourth-order valence-electron chi connectivity index (χ4n) is 3.75. The molecular formula is C19H16ClF4N3O4. The van der Waals surface area contributed by atoms with E-state index >= 15 is 0 Å². The SMILES string of the molecule is C[C@@]1(O)[C@@H](C(O)c2cc(F)cc(C(F)F)c2F)O[C@@H](n2ccc3c(Cl)ncnc32)[C@@H]1O. The zero-order valence-electron chi connectivity index (χ0n) is 15.8. The Balaban J connectivity index is 1.74. The van der Waals surface area contributed by atoms with Crippen molar-refractivity contribution >= 4 is 22.6 Å². The maximum atomic E-state index is 14.5. The maximum absolute atomic E-state index is 14.5. The van der Waals surface area contributed by atoms with E-state index in [-0.39, 0.29) is 10.8 Å². The molecule has 0 spiro atoms. The number of aromatic nitrogens is 3. The highest BCUT2D eigenvalue weighted by molar-refractivity contribution is 6.33. The van der Waals surface area contributed by atoms with Crippen LogP contribution < -0.4 is 0 Å². The third kappa shape index (κ3) is 3.46. The van der Waals surface area contributed by atoms with E-state index in [0.29, 0.717) is 17.5 Å². The van der Waals surface area contributed by atoms with Gasteiger partial charge >= 0.3 is 0 Å². The van der Waals surface area contributed by atoms with Crippen LogP contribution in [-0.2, 0) is 4.74 Å². The van der Waals surface area contributed by atoms with Gasteiger partial charge < -0.3 is 24.6 Å². The molecule has 1 aliphatic rings. The minimum absolute atomic E-state index is 0.126. The third-order valence-electron chi connectivity index (χ3n) is 5.40. The molecule has 3 N–H and O–H groups in total. The molecule has 0 radical (unpaired) electrons. The smallest absolute Gasteiger partial charge is 0.266 e. The van der Waals surface area contributed by atoms with E-state index in [1.807, 2.05) is 0 Å². The number of nitrogens with zero attached hydrogens (tertiary/aromatic N) is 3. The minimum atomic E-state index is -3.33. The number of benzene rings is 1. The summed E-state index contributed by atoms with van der Waals surface area (Å²) in [6.45, 7) is 1.12. The Morgan fingerprint density at radius 2 is 1.90 bits per heavy atom. The first kappa shape index (κ1) is 21.9. The van der Waals surface area contributed by atoms with E-state index in [0.717, 1.165) is 6.92 Å². The van der Waals surface area contributed by atoms with Gasteiger partial charge in [0, 0.05) is 11.8 Å². The van der Waals surface area contributed by atoms with Gasteiger partial charge in [-0.3, -0.25) is 0 Å². The second-order valence-corrected chi connectivity index (χ2v) is 7.74. The van der Waals surface area contributed by atoms with Crippen molar-refractivity contribution in [3.05, 3.63) is 58.6 Å². The van der Waals surface area contributed by atoms with Gasteiger partial charge in [-0.25, -0.2) is 27.5 Å². The number of halogens is 5. The summed E-state index contributed by atoms with van der Waals surface area (Å²) in [5.74, 6) is -2.74. The van der Waals surface area contributed by atoms with Gasteiger partial charge in [0.25, 0.3) is 6.43 Å². The lowest BCUT2D eigenvalue weighted by Crippen LogP contribution is -2.47. The Bertz CT molecular complexity index is 1140. The Hall–Kier alpha value is -2.31. The Kier molecular flexibility index (Phi) is 5.42. The molecule has 0 saturated carbocycles. The molecule has 1 aromatic carbocycles. The summed E-state index contributed by atoms with van der Waals surface area (Å²) in [4.78, 5) is 7.88. The molecule has 1 unspecified atom stereocenters. The highest BCUT2D eigenvalue weighted by Crippen LogP contribution is 2.44. The van der Waals surface area contributed by atoms with E-state index in [2.05, 4.69) is 9.97 Å². The van der Waals surface area contributed by atoms with Crippen LogP contribution in [0.2, 0.25) is 5.15 Å². The number of ether oxygens (including phenoxy) is 1. The quantitative estimate of drug-likeness (QED) is 0.408. The van der Waals surface area contributed by atoms with Crippen molar-refractivity contribution in [1.82, 2.24) is 14.5 Å². The topological polar surface area (TPSA) is 101 Å². The third-order valence-corrected chi connectivity index (χ3v) is 5.70. The average Bonchev–Trinajstić information content (AvgIpc) is 3.23. The molecule has 3 aromatic rings. The second kappa shape index (κ2) is 7.68. The fraction of sp³-hybridized carbons (Fsp3) is 0.368. The summed E-state index contributed by atoms with van der Waals surface area (Å²) in [6.07, 6.45) is -7.48. The molecule has 0 bridgehead atoms. The van der Waals surface area contributed by atoms with Crippen LogP contribution in [0.3, 0.4) is 0 Å². The highest BCUT2D eigenvalue weighted by atomic mass is 35.5. The van der Waals surface area contributed by atoms with E-state index < -0.39 is 59.3 Å². The molecule has 0 aliphatic carbocycles. The van der Waals surface area contributed by atoms with E-state index in [9.17, 15) is 32.9 Å². The van der Waals surface area contributed by atoms with Crippen LogP contribution in [0.15, 0.2) is 30.7 Å². The van der Waals surface area contributed by atoms with Crippen LogP contribution in [0.25, 0.3) is 11.0 Å². The van der Waals surface area contributed by atoms with Crippen LogP contribution >= 0.6 is 11.6 Å². The van der Waals surface area contributed by atoms with Gasteiger partial charge in [0.2, 0.25) is 0 Å². The fourth-order valence-corrected chi connectivity index (χ4v) is 3.94. The van der Waals surface area contributed by atoms with Crippen molar-refractivity contribution in [3.63, 3.8) is 0 Å². The summed E-state index contributed by atoms with van der Waals surface area (Å²) in [5.41, 5.74) is -4.02. The monoisotopic (exact) mass is 461 g/mol. The molecule has 12 heteroatoms. The van der Waals surface area contributed by atoms with Crippen LogP contribution in [0.4, 0.5) is 17.6 Å².